The molecule has 0 atom stereocenters. The van der Waals surface area contributed by atoms with E-state index in [1.807, 2.05) is 39.1 Å². The van der Waals surface area contributed by atoms with Crippen LogP contribution in [-0.2, 0) is 10.0 Å². The first-order valence-electron chi connectivity index (χ1n) is 7.87. The van der Waals surface area contributed by atoms with Gasteiger partial charge in [0.25, 0.3) is 10.0 Å². The topological polar surface area (TPSA) is 58.6 Å². The van der Waals surface area contributed by atoms with Crippen LogP contribution in [-0.4, -0.2) is 28.6 Å². The van der Waals surface area contributed by atoms with Gasteiger partial charge in [0.2, 0.25) is 0 Å². The number of hydrogen-bond donors (Lipinski definition) is 1. The molecule has 1 N–H and O–H groups in total. The maximum Gasteiger partial charge on any atom is 0.262 e. The minimum Gasteiger partial charge on any atom is -0.490 e. The molecular formula is C18H22N2O3S. The summed E-state index contributed by atoms with van der Waals surface area (Å²) in [7, 11) is -1.71. The van der Waals surface area contributed by atoms with Crippen molar-refractivity contribution in [1.29, 1.82) is 0 Å². The van der Waals surface area contributed by atoms with Crippen LogP contribution in [0, 0.1) is 20.8 Å². The summed E-state index contributed by atoms with van der Waals surface area (Å²) in [5, 5.41) is 0. The van der Waals surface area contributed by atoms with Gasteiger partial charge in [-0.25, -0.2) is 8.42 Å². The highest BCUT2D eigenvalue weighted by molar-refractivity contribution is 7.92. The van der Waals surface area contributed by atoms with Crippen LogP contribution in [0.25, 0.3) is 0 Å². The average molecular weight is 346 g/mol. The molecule has 5 nitrogen and oxygen atoms in total. The Labute approximate surface area is 143 Å². The van der Waals surface area contributed by atoms with Crippen molar-refractivity contribution in [1.82, 2.24) is 0 Å². The number of fused-ring (bicyclic) bond motifs is 1. The number of nitrogens with one attached hydrogen (secondary N) is 1. The van der Waals surface area contributed by atoms with Gasteiger partial charge in [0, 0.05) is 13.1 Å². The Hall–Kier alpha value is -2.21. The summed E-state index contributed by atoms with van der Waals surface area (Å²) in [6, 6.07) is 9.07. The first-order chi connectivity index (χ1) is 11.3. The zero-order valence-corrected chi connectivity index (χ0v) is 15.2. The molecule has 0 unspecified atom stereocenters. The molecule has 24 heavy (non-hydrogen) atoms. The number of hydrogen-bond acceptors (Lipinski definition) is 4. The molecule has 0 spiro atoms. The second kappa shape index (κ2) is 6.02. The van der Waals surface area contributed by atoms with Crippen LogP contribution in [0.5, 0.6) is 5.75 Å². The second-order valence-electron chi connectivity index (χ2n) is 6.21. The van der Waals surface area contributed by atoms with Gasteiger partial charge in [-0.1, -0.05) is 12.1 Å². The number of nitrogens with zero attached hydrogens (tertiary/aromatic N) is 1. The molecule has 1 aliphatic heterocycles. The standard InChI is InChI=1S/C18H22N2O3S/c1-12-6-5-7-15(14(12)3)19-24(21,22)18-11-17-16(10-13(18)2)20(4)8-9-23-17/h5-7,10-11,19H,8-9H2,1-4H3. The maximum atomic E-state index is 12.9. The zero-order valence-electron chi connectivity index (χ0n) is 14.4. The summed E-state index contributed by atoms with van der Waals surface area (Å²) in [5.74, 6) is 0.607. The monoisotopic (exact) mass is 346 g/mol. The molecule has 6 heteroatoms. The molecule has 3 rings (SSSR count). The maximum absolute atomic E-state index is 12.9. The fourth-order valence-electron chi connectivity index (χ4n) is 2.83. The van der Waals surface area contributed by atoms with E-state index >= 15 is 0 Å². The zero-order chi connectivity index (χ0) is 17.5. The van der Waals surface area contributed by atoms with Crippen LogP contribution in [0.3, 0.4) is 0 Å². The first-order valence-corrected chi connectivity index (χ1v) is 9.35. The third-order valence-corrected chi connectivity index (χ3v) is 6.00. The highest BCUT2D eigenvalue weighted by Gasteiger charge is 2.23. The van der Waals surface area contributed by atoms with Crippen molar-refractivity contribution in [2.75, 3.05) is 29.8 Å². The lowest BCUT2D eigenvalue weighted by atomic mass is 10.1. The number of aryl methyl sites for hydroxylation is 2. The number of sulfonamides is 1. The molecule has 0 saturated heterocycles. The molecule has 0 aliphatic carbocycles. The summed E-state index contributed by atoms with van der Waals surface area (Å²) in [6.07, 6.45) is 0. The molecule has 0 bridgehead atoms. The van der Waals surface area contributed by atoms with E-state index < -0.39 is 10.0 Å². The van der Waals surface area contributed by atoms with E-state index in [1.165, 1.54) is 0 Å². The molecular weight excluding hydrogens is 324 g/mol. The second-order valence-corrected chi connectivity index (χ2v) is 7.86. The highest BCUT2D eigenvalue weighted by Crippen LogP contribution is 2.36. The van der Waals surface area contributed by atoms with Crippen molar-refractivity contribution in [3.05, 3.63) is 47.0 Å². The Morgan fingerprint density at radius 3 is 2.62 bits per heavy atom. The fourth-order valence-corrected chi connectivity index (χ4v) is 4.20. The number of rotatable bonds is 3. The Kier molecular flexibility index (Phi) is 4.17. The summed E-state index contributed by atoms with van der Waals surface area (Å²) < 4.78 is 34.1. The lowest BCUT2D eigenvalue weighted by molar-refractivity contribution is 0.310. The normalized spacial score (nSPS) is 14.1. The van der Waals surface area contributed by atoms with Crippen molar-refractivity contribution in [2.24, 2.45) is 0 Å². The lowest BCUT2D eigenvalue weighted by Gasteiger charge is -2.28. The molecule has 0 radical (unpaired) electrons. The van der Waals surface area contributed by atoms with Gasteiger partial charge in [0.05, 0.1) is 22.8 Å². The van der Waals surface area contributed by atoms with Crippen LogP contribution in [0.15, 0.2) is 35.2 Å². The van der Waals surface area contributed by atoms with E-state index in [0.29, 0.717) is 23.6 Å². The van der Waals surface area contributed by atoms with Gasteiger partial charge >= 0.3 is 0 Å². The Bertz CT molecular complexity index is 891. The van der Waals surface area contributed by atoms with Crippen molar-refractivity contribution >= 4 is 21.4 Å². The summed E-state index contributed by atoms with van der Waals surface area (Å²) in [5.41, 5.74) is 4.19. The van der Waals surface area contributed by atoms with Crippen LogP contribution in [0.1, 0.15) is 16.7 Å². The first kappa shape index (κ1) is 16.6. The molecule has 1 heterocycles. The van der Waals surface area contributed by atoms with Crippen molar-refractivity contribution in [3.63, 3.8) is 0 Å². The van der Waals surface area contributed by atoms with Crippen molar-refractivity contribution < 1.29 is 13.2 Å². The number of benzene rings is 2. The van der Waals surface area contributed by atoms with Crippen molar-refractivity contribution in [3.8, 4) is 5.75 Å². The smallest absolute Gasteiger partial charge is 0.262 e. The number of likely N-dealkylation sites (N-methyl/N-ethyl adjacent to an activating group) is 1. The largest absolute Gasteiger partial charge is 0.490 e. The SMILES string of the molecule is Cc1cc2c(cc1S(=O)(=O)Nc1cccc(C)c1C)OCCN2C. The fraction of sp³-hybridized carbons (Fsp3) is 0.333. The van der Waals surface area contributed by atoms with Crippen LogP contribution >= 0.6 is 0 Å². The van der Waals surface area contributed by atoms with E-state index in [2.05, 4.69) is 9.62 Å². The van der Waals surface area contributed by atoms with E-state index in [-0.39, 0.29) is 4.90 Å². The molecule has 0 fully saturated rings. The van der Waals surface area contributed by atoms with Gasteiger partial charge in [-0.3, -0.25) is 4.72 Å². The molecule has 0 amide bonds. The summed E-state index contributed by atoms with van der Waals surface area (Å²) >= 11 is 0. The quantitative estimate of drug-likeness (QED) is 0.927. The van der Waals surface area contributed by atoms with Gasteiger partial charge in [0.1, 0.15) is 12.4 Å². The average Bonchev–Trinajstić information content (AvgIpc) is 2.52. The van der Waals surface area contributed by atoms with E-state index in [0.717, 1.165) is 23.4 Å². The van der Waals surface area contributed by atoms with Gasteiger partial charge in [-0.15, -0.1) is 0 Å². The van der Waals surface area contributed by atoms with Gasteiger partial charge in [-0.2, -0.15) is 0 Å². The van der Waals surface area contributed by atoms with Crippen molar-refractivity contribution in [2.45, 2.75) is 25.7 Å². The lowest BCUT2D eigenvalue weighted by Crippen LogP contribution is -2.29. The molecule has 1 aliphatic rings. The Balaban J connectivity index is 2.03. The van der Waals surface area contributed by atoms with Crippen LogP contribution < -0.4 is 14.4 Å². The molecule has 2 aromatic rings. The summed E-state index contributed by atoms with van der Waals surface area (Å²) in [4.78, 5) is 2.32. The third kappa shape index (κ3) is 2.94. The van der Waals surface area contributed by atoms with Gasteiger partial charge < -0.3 is 9.64 Å². The Morgan fingerprint density at radius 1 is 1.12 bits per heavy atom. The predicted molar refractivity (Wildman–Crippen MR) is 96.7 cm³/mol. The Morgan fingerprint density at radius 2 is 1.88 bits per heavy atom. The molecule has 2 aromatic carbocycles. The minimum atomic E-state index is -3.68. The minimum absolute atomic E-state index is 0.248. The molecule has 0 aromatic heterocycles. The number of anilines is 2. The van der Waals surface area contributed by atoms with E-state index in [4.69, 9.17) is 4.74 Å². The van der Waals surface area contributed by atoms with Crippen LogP contribution in [0.2, 0.25) is 0 Å². The number of ether oxygens (including phenoxy) is 1. The molecule has 128 valence electrons. The van der Waals surface area contributed by atoms with E-state index in [9.17, 15) is 8.42 Å². The van der Waals surface area contributed by atoms with Crippen LogP contribution in [0.4, 0.5) is 11.4 Å². The third-order valence-electron chi connectivity index (χ3n) is 4.49. The highest BCUT2D eigenvalue weighted by atomic mass is 32.2. The van der Waals surface area contributed by atoms with E-state index in [1.54, 1.807) is 19.1 Å². The summed E-state index contributed by atoms with van der Waals surface area (Å²) in [6.45, 7) is 7.02. The van der Waals surface area contributed by atoms with Gasteiger partial charge in [-0.05, 0) is 49.6 Å². The molecule has 0 saturated carbocycles. The predicted octanol–water partition coefficient (Wildman–Crippen LogP) is 3.24. The van der Waals surface area contributed by atoms with Gasteiger partial charge in [0.15, 0.2) is 0 Å².